The van der Waals surface area contributed by atoms with Gasteiger partial charge in [0, 0.05) is 6.04 Å². The normalized spacial score (nSPS) is 11.8. The van der Waals surface area contributed by atoms with Gasteiger partial charge in [0.25, 0.3) is 0 Å². The standard InChI is InChI=1S/C9H16N2OS/c1-3-13-7-5-8(2)11-9(12)4-6-10/h8H,3-5,7H2,1-2H3,(H,11,12). The first kappa shape index (κ1) is 12.3. The molecule has 0 bridgehead atoms. The van der Waals surface area contributed by atoms with Crippen LogP contribution < -0.4 is 5.32 Å². The van der Waals surface area contributed by atoms with Crippen molar-refractivity contribution >= 4 is 17.7 Å². The quantitative estimate of drug-likeness (QED) is 0.662. The van der Waals surface area contributed by atoms with Gasteiger partial charge < -0.3 is 5.32 Å². The summed E-state index contributed by atoms with van der Waals surface area (Å²) in [7, 11) is 0. The van der Waals surface area contributed by atoms with Crippen LogP contribution in [-0.2, 0) is 4.79 Å². The van der Waals surface area contributed by atoms with Crippen LogP contribution in [-0.4, -0.2) is 23.5 Å². The SMILES string of the molecule is CCSCCC(C)NC(=O)CC#N. The molecule has 0 aromatic heterocycles. The predicted molar refractivity (Wildman–Crippen MR) is 55.5 cm³/mol. The van der Waals surface area contributed by atoms with Gasteiger partial charge in [-0.1, -0.05) is 6.92 Å². The van der Waals surface area contributed by atoms with Crippen LogP contribution in [0.2, 0.25) is 0 Å². The molecule has 0 heterocycles. The number of thioether (sulfide) groups is 1. The Kier molecular flexibility index (Phi) is 7.51. The summed E-state index contributed by atoms with van der Waals surface area (Å²) in [5, 5.41) is 11.0. The van der Waals surface area contributed by atoms with Crippen molar-refractivity contribution in [1.82, 2.24) is 5.32 Å². The lowest BCUT2D eigenvalue weighted by Crippen LogP contribution is -2.32. The Bertz CT molecular complexity index is 189. The molecule has 0 rings (SSSR count). The monoisotopic (exact) mass is 200 g/mol. The summed E-state index contributed by atoms with van der Waals surface area (Å²) in [5.74, 6) is 2.00. The summed E-state index contributed by atoms with van der Waals surface area (Å²) < 4.78 is 0. The third-order valence-electron chi connectivity index (χ3n) is 1.55. The molecule has 13 heavy (non-hydrogen) atoms. The zero-order valence-corrected chi connectivity index (χ0v) is 8.99. The summed E-state index contributed by atoms with van der Waals surface area (Å²) in [6, 6.07) is 2.00. The highest BCUT2D eigenvalue weighted by Gasteiger charge is 2.05. The molecule has 0 aliphatic heterocycles. The maximum absolute atomic E-state index is 10.9. The van der Waals surface area contributed by atoms with Crippen molar-refractivity contribution < 1.29 is 4.79 Å². The molecule has 1 N–H and O–H groups in total. The first-order valence-electron chi connectivity index (χ1n) is 4.44. The zero-order valence-electron chi connectivity index (χ0n) is 8.17. The molecule has 0 aromatic carbocycles. The molecule has 1 atom stereocenters. The average Bonchev–Trinajstić information content (AvgIpc) is 2.05. The van der Waals surface area contributed by atoms with Crippen LogP contribution in [0, 0.1) is 11.3 Å². The first-order chi connectivity index (χ1) is 6.20. The summed E-state index contributed by atoms with van der Waals surface area (Å²) in [6.07, 6.45) is 0.931. The topological polar surface area (TPSA) is 52.9 Å². The second-order valence-electron chi connectivity index (χ2n) is 2.79. The number of nitrogens with zero attached hydrogens (tertiary/aromatic N) is 1. The lowest BCUT2D eigenvalue weighted by atomic mass is 10.2. The fourth-order valence-corrected chi connectivity index (χ4v) is 1.68. The van der Waals surface area contributed by atoms with Crippen LogP contribution in [0.3, 0.4) is 0 Å². The Morgan fingerprint density at radius 2 is 2.38 bits per heavy atom. The summed E-state index contributed by atoms with van der Waals surface area (Å²) in [4.78, 5) is 10.9. The summed E-state index contributed by atoms with van der Waals surface area (Å²) in [6.45, 7) is 4.08. The van der Waals surface area contributed by atoms with Gasteiger partial charge in [-0.3, -0.25) is 4.79 Å². The fourth-order valence-electron chi connectivity index (χ4n) is 0.874. The largest absolute Gasteiger partial charge is 0.353 e. The Morgan fingerprint density at radius 1 is 1.69 bits per heavy atom. The number of nitriles is 1. The van der Waals surface area contributed by atoms with Crippen molar-refractivity contribution in [3.8, 4) is 6.07 Å². The predicted octanol–water partition coefficient (Wildman–Crippen LogP) is 1.55. The Balaban J connectivity index is 3.45. The van der Waals surface area contributed by atoms with Crippen molar-refractivity contribution in [3.05, 3.63) is 0 Å². The molecule has 0 saturated heterocycles. The maximum atomic E-state index is 10.9. The van der Waals surface area contributed by atoms with Crippen LogP contribution in [0.25, 0.3) is 0 Å². The van der Waals surface area contributed by atoms with Crippen LogP contribution >= 0.6 is 11.8 Å². The second-order valence-corrected chi connectivity index (χ2v) is 4.18. The number of carbonyl (C=O) groups excluding carboxylic acids is 1. The number of carbonyl (C=O) groups is 1. The van der Waals surface area contributed by atoms with Gasteiger partial charge in [0.15, 0.2) is 0 Å². The highest BCUT2D eigenvalue weighted by molar-refractivity contribution is 7.99. The van der Waals surface area contributed by atoms with Crippen molar-refractivity contribution in [1.29, 1.82) is 5.26 Å². The van der Waals surface area contributed by atoms with Gasteiger partial charge in [0.1, 0.15) is 6.42 Å². The average molecular weight is 200 g/mol. The number of amides is 1. The van der Waals surface area contributed by atoms with Crippen LogP contribution in [0.1, 0.15) is 26.7 Å². The minimum absolute atomic E-state index is 0.0364. The number of hydrogen-bond donors (Lipinski definition) is 1. The van der Waals surface area contributed by atoms with E-state index in [4.69, 9.17) is 5.26 Å². The molecule has 0 radical (unpaired) electrons. The van der Waals surface area contributed by atoms with Crippen molar-refractivity contribution in [2.24, 2.45) is 0 Å². The van der Waals surface area contributed by atoms with Gasteiger partial charge in [-0.05, 0) is 24.9 Å². The van der Waals surface area contributed by atoms with Gasteiger partial charge in [-0.25, -0.2) is 0 Å². The number of nitrogens with one attached hydrogen (secondary N) is 1. The lowest BCUT2D eigenvalue weighted by molar-refractivity contribution is -0.120. The van der Waals surface area contributed by atoms with Gasteiger partial charge in [-0.2, -0.15) is 17.0 Å². The molecule has 0 spiro atoms. The Hall–Kier alpha value is -0.690. The van der Waals surface area contributed by atoms with Gasteiger partial charge in [-0.15, -0.1) is 0 Å². The molecule has 0 aliphatic rings. The van der Waals surface area contributed by atoms with E-state index in [1.807, 2.05) is 24.8 Å². The van der Waals surface area contributed by atoms with E-state index in [2.05, 4.69) is 12.2 Å². The smallest absolute Gasteiger partial charge is 0.234 e. The summed E-state index contributed by atoms with van der Waals surface area (Å²) >= 11 is 1.86. The molecular formula is C9H16N2OS. The van der Waals surface area contributed by atoms with E-state index in [-0.39, 0.29) is 18.4 Å². The molecular weight excluding hydrogens is 184 g/mol. The zero-order chi connectivity index (χ0) is 10.1. The molecule has 0 aromatic rings. The van der Waals surface area contributed by atoms with Gasteiger partial charge >= 0.3 is 0 Å². The molecule has 0 saturated carbocycles. The van der Waals surface area contributed by atoms with Gasteiger partial charge in [0.05, 0.1) is 6.07 Å². The Labute approximate surface area is 83.9 Å². The highest BCUT2D eigenvalue weighted by atomic mass is 32.2. The van der Waals surface area contributed by atoms with E-state index in [0.717, 1.165) is 17.9 Å². The first-order valence-corrected chi connectivity index (χ1v) is 5.60. The molecule has 1 amide bonds. The van der Waals surface area contributed by atoms with Crippen molar-refractivity contribution in [2.45, 2.75) is 32.7 Å². The van der Waals surface area contributed by atoms with E-state index >= 15 is 0 Å². The van der Waals surface area contributed by atoms with E-state index in [9.17, 15) is 4.79 Å². The number of rotatable bonds is 6. The fraction of sp³-hybridized carbons (Fsp3) is 0.778. The third-order valence-corrected chi connectivity index (χ3v) is 2.48. The molecule has 0 fully saturated rings. The highest BCUT2D eigenvalue weighted by Crippen LogP contribution is 2.03. The van der Waals surface area contributed by atoms with Gasteiger partial charge in [0.2, 0.25) is 5.91 Å². The maximum Gasteiger partial charge on any atom is 0.234 e. The minimum atomic E-state index is -0.170. The van der Waals surface area contributed by atoms with E-state index in [1.165, 1.54) is 0 Å². The minimum Gasteiger partial charge on any atom is -0.353 e. The molecule has 1 unspecified atom stereocenters. The summed E-state index contributed by atoms with van der Waals surface area (Å²) in [5.41, 5.74) is 0. The molecule has 74 valence electrons. The molecule has 0 aliphatic carbocycles. The van der Waals surface area contributed by atoms with Crippen LogP contribution in [0.15, 0.2) is 0 Å². The second kappa shape index (κ2) is 7.93. The lowest BCUT2D eigenvalue weighted by Gasteiger charge is -2.11. The Morgan fingerprint density at radius 3 is 2.92 bits per heavy atom. The molecule has 3 nitrogen and oxygen atoms in total. The van der Waals surface area contributed by atoms with E-state index in [0.29, 0.717) is 0 Å². The van der Waals surface area contributed by atoms with Crippen LogP contribution in [0.4, 0.5) is 0 Å². The van der Waals surface area contributed by atoms with Crippen molar-refractivity contribution in [3.63, 3.8) is 0 Å². The third kappa shape index (κ3) is 7.66. The molecule has 4 heteroatoms. The van der Waals surface area contributed by atoms with Crippen molar-refractivity contribution in [2.75, 3.05) is 11.5 Å². The van der Waals surface area contributed by atoms with E-state index in [1.54, 1.807) is 0 Å². The van der Waals surface area contributed by atoms with E-state index < -0.39 is 0 Å². The number of hydrogen-bond acceptors (Lipinski definition) is 3. The van der Waals surface area contributed by atoms with Crippen LogP contribution in [0.5, 0.6) is 0 Å².